The number of esters is 1. The Balaban J connectivity index is 1.40. The fourth-order valence-electron chi connectivity index (χ4n) is 4.79. The van der Waals surface area contributed by atoms with Crippen LogP contribution in [0, 0.1) is 0 Å². The third-order valence-electron chi connectivity index (χ3n) is 6.90. The Hall–Kier alpha value is -3.61. The number of halogens is 1. The first-order chi connectivity index (χ1) is 19.5. The van der Waals surface area contributed by atoms with Gasteiger partial charge in [0.25, 0.3) is 0 Å². The Morgan fingerprint density at radius 1 is 1.27 bits per heavy atom. The highest BCUT2D eigenvalue weighted by Crippen LogP contribution is 2.49. The second-order valence-electron chi connectivity index (χ2n) is 9.82. The quantitative estimate of drug-likeness (QED) is 0.183. The maximum absolute atomic E-state index is 16.0. The third kappa shape index (κ3) is 5.64. The highest BCUT2D eigenvalue weighted by atomic mass is 31.2. The summed E-state index contributed by atoms with van der Waals surface area (Å²) < 4.78 is 53.9. The van der Waals surface area contributed by atoms with Crippen LogP contribution < -0.4 is 15.3 Å². The van der Waals surface area contributed by atoms with Gasteiger partial charge in [0.2, 0.25) is 0 Å². The van der Waals surface area contributed by atoms with E-state index in [1.54, 1.807) is 43.3 Å². The Labute approximate surface area is 235 Å². The monoisotopic (exact) mass is 587 g/mol. The zero-order valence-corrected chi connectivity index (χ0v) is 23.5. The summed E-state index contributed by atoms with van der Waals surface area (Å²) in [6.45, 7) is 3.86. The number of nitrogen functional groups attached to an aromatic ring is 1. The van der Waals surface area contributed by atoms with Gasteiger partial charge < -0.3 is 24.8 Å². The predicted molar refractivity (Wildman–Crippen MR) is 148 cm³/mol. The number of nitrogens with one attached hydrogen (secondary N) is 1. The van der Waals surface area contributed by atoms with Crippen LogP contribution in [-0.2, 0) is 23.4 Å². The van der Waals surface area contributed by atoms with E-state index in [2.05, 4.69) is 15.2 Å². The summed E-state index contributed by atoms with van der Waals surface area (Å²) in [5.74, 6) is -0.251. The number of rotatable bonds is 10. The van der Waals surface area contributed by atoms with Crippen molar-refractivity contribution in [3.8, 4) is 5.75 Å². The van der Waals surface area contributed by atoms with Gasteiger partial charge in [0.1, 0.15) is 41.9 Å². The minimum Gasteiger partial charge on any atom is -0.465 e. The van der Waals surface area contributed by atoms with Gasteiger partial charge in [0.05, 0.1) is 18.9 Å². The zero-order valence-electron chi connectivity index (χ0n) is 22.6. The Morgan fingerprint density at radius 2 is 2.02 bits per heavy atom. The normalized spacial score (nSPS) is 24.8. The van der Waals surface area contributed by atoms with Crippen molar-refractivity contribution in [1.82, 2.24) is 19.7 Å². The number of aliphatic hydroxyl groups is 1. The topological polar surface area (TPSA) is 160 Å². The molecule has 3 heterocycles. The lowest BCUT2D eigenvalue weighted by Gasteiger charge is -2.25. The van der Waals surface area contributed by atoms with E-state index in [0.717, 1.165) is 5.39 Å². The molecule has 1 saturated heterocycles. The van der Waals surface area contributed by atoms with Crippen molar-refractivity contribution in [1.29, 1.82) is 0 Å². The summed E-state index contributed by atoms with van der Waals surface area (Å²) in [4.78, 5) is 16.3. The van der Waals surface area contributed by atoms with E-state index in [1.165, 1.54) is 24.7 Å². The van der Waals surface area contributed by atoms with E-state index >= 15 is 4.39 Å². The SMILES string of the molecule is CCOC(=O)[C@H](C)NP(=O)(OC[C@H]1O[C@@H](c2ccc3c(N)ncnn23)[C@](C)(F)[C@@H]1O)Oc1cccc2ccccc12. The molecule has 6 atom stereocenters. The second-order valence-corrected chi connectivity index (χ2v) is 11.5. The van der Waals surface area contributed by atoms with E-state index in [4.69, 9.17) is 24.3 Å². The molecule has 2 aromatic heterocycles. The second kappa shape index (κ2) is 11.3. The van der Waals surface area contributed by atoms with E-state index in [0.29, 0.717) is 16.6 Å². The van der Waals surface area contributed by atoms with Crippen LogP contribution in [0.25, 0.3) is 16.3 Å². The number of carbonyl (C=O) groups is 1. The molecule has 1 fully saturated rings. The number of ether oxygens (including phenoxy) is 2. The number of hydrogen-bond acceptors (Lipinski definition) is 10. The van der Waals surface area contributed by atoms with Gasteiger partial charge >= 0.3 is 13.7 Å². The summed E-state index contributed by atoms with van der Waals surface area (Å²) in [6.07, 6.45) is -2.98. The van der Waals surface area contributed by atoms with Gasteiger partial charge in [-0.05, 0) is 44.4 Å². The lowest BCUT2D eigenvalue weighted by Crippen LogP contribution is -2.40. The average Bonchev–Trinajstić information content (AvgIpc) is 3.47. The zero-order chi connectivity index (χ0) is 29.4. The molecule has 4 N–H and O–H groups in total. The fourth-order valence-corrected chi connectivity index (χ4v) is 6.31. The van der Waals surface area contributed by atoms with Gasteiger partial charge in [0.15, 0.2) is 11.5 Å². The number of nitrogens with zero attached hydrogens (tertiary/aromatic N) is 3. The van der Waals surface area contributed by atoms with Crippen LogP contribution in [-0.4, -0.2) is 62.8 Å². The van der Waals surface area contributed by atoms with Gasteiger partial charge in [-0.25, -0.2) is 18.5 Å². The largest absolute Gasteiger partial charge is 0.465 e. The molecular formula is C27H31FN5O7P. The van der Waals surface area contributed by atoms with E-state index in [1.807, 2.05) is 18.2 Å². The molecule has 12 nitrogen and oxygen atoms in total. The van der Waals surface area contributed by atoms with Crippen LogP contribution in [0.2, 0.25) is 0 Å². The van der Waals surface area contributed by atoms with Gasteiger partial charge in [-0.2, -0.15) is 10.2 Å². The molecule has 2 aromatic carbocycles. The molecule has 0 spiro atoms. The summed E-state index contributed by atoms with van der Waals surface area (Å²) in [7, 11) is -4.33. The molecular weight excluding hydrogens is 556 g/mol. The molecule has 0 aliphatic carbocycles. The minimum atomic E-state index is -4.33. The van der Waals surface area contributed by atoms with Crippen molar-refractivity contribution in [2.45, 2.75) is 50.8 Å². The average molecular weight is 588 g/mol. The van der Waals surface area contributed by atoms with E-state index in [-0.39, 0.29) is 18.2 Å². The highest BCUT2D eigenvalue weighted by molar-refractivity contribution is 7.52. The Kier molecular flexibility index (Phi) is 8.00. The first-order valence-electron chi connectivity index (χ1n) is 13.0. The summed E-state index contributed by atoms with van der Waals surface area (Å²) in [6, 6.07) is 14.6. The van der Waals surface area contributed by atoms with Crippen LogP contribution in [0.15, 0.2) is 60.9 Å². The number of carbonyl (C=O) groups excluding carboxylic acids is 1. The maximum Gasteiger partial charge on any atom is 0.459 e. The molecule has 218 valence electrons. The molecule has 41 heavy (non-hydrogen) atoms. The molecule has 1 aliphatic heterocycles. The van der Waals surface area contributed by atoms with Crippen molar-refractivity contribution in [3.05, 3.63) is 66.6 Å². The lowest BCUT2D eigenvalue weighted by molar-refractivity contribution is -0.144. The number of alkyl halides is 1. The smallest absolute Gasteiger partial charge is 0.459 e. The van der Waals surface area contributed by atoms with E-state index in [9.17, 15) is 14.5 Å². The molecule has 0 amide bonds. The van der Waals surface area contributed by atoms with Crippen molar-refractivity contribution >= 4 is 35.8 Å². The van der Waals surface area contributed by atoms with Crippen molar-refractivity contribution in [2.24, 2.45) is 0 Å². The van der Waals surface area contributed by atoms with Gasteiger partial charge in [-0.1, -0.05) is 36.4 Å². The third-order valence-corrected chi connectivity index (χ3v) is 8.53. The summed E-state index contributed by atoms with van der Waals surface area (Å²) in [5, 5.41) is 19.1. The number of hydrogen-bond donors (Lipinski definition) is 3. The molecule has 1 aliphatic rings. The van der Waals surface area contributed by atoms with Crippen LogP contribution in [0.5, 0.6) is 5.75 Å². The molecule has 0 bridgehead atoms. The summed E-state index contributed by atoms with van der Waals surface area (Å²) >= 11 is 0. The molecule has 14 heteroatoms. The number of nitrogens with two attached hydrogens (primary N) is 1. The number of aliphatic hydroxyl groups excluding tert-OH is 1. The number of benzene rings is 2. The first-order valence-corrected chi connectivity index (χ1v) is 14.5. The Bertz CT molecular complexity index is 1610. The van der Waals surface area contributed by atoms with Crippen molar-refractivity contribution in [2.75, 3.05) is 18.9 Å². The van der Waals surface area contributed by atoms with E-state index < -0.39 is 50.3 Å². The van der Waals surface area contributed by atoms with Crippen LogP contribution in [0.1, 0.15) is 32.6 Å². The first kappa shape index (κ1) is 28.9. The molecule has 1 unspecified atom stereocenters. The number of aromatic nitrogens is 3. The van der Waals surface area contributed by atoms with Crippen molar-refractivity contribution < 1.29 is 37.4 Å². The predicted octanol–water partition coefficient (Wildman–Crippen LogP) is 3.74. The Morgan fingerprint density at radius 3 is 2.80 bits per heavy atom. The fraction of sp³-hybridized carbons (Fsp3) is 0.370. The lowest BCUT2D eigenvalue weighted by atomic mass is 9.93. The minimum absolute atomic E-state index is 0.115. The van der Waals surface area contributed by atoms with Crippen LogP contribution in [0.4, 0.5) is 10.2 Å². The van der Waals surface area contributed by atoms with Crippen molar-refractivity contribution in [3.63, 3.8) is 0 Å². The van der Waals surface area contributed by atoms with Gasteiger partial charge in [-0.15, -0.1) is 0 Å². The maximum atomic E-state index is 16.0. The molecule has 0 radical (unpaired) electrons. The van der Waals surface area contributed by atoms with Gasteiger partial charge in [-0.3, -0.25) is 9.32 Å². The van der Waals surface area contributed by atoms with Gasteiger partial charge in [0, 0.05) is 5.39 Å². The number of anilines is 1. The van der Waals surface area contributed by atoms with Crippen LogP contribution >= 0.6 is 7.75 Å². The highest BCUT2D eigenvalue weighted by Gasteiger charge is 2.56. The molecule has 0 saturated carbocycles. The van der Waals surface area contributed by atoms with Crippen LogP contribution in [0.3, 0.4) is 0 Å². The molecule has 5 rings (SSSR count). The molecule has 4 aromatic rings. The standard InChI is InChI=1S/C27H31FN5O7P/c1-4-37-26(35)16(2)32-41(36,40-21-11-7-9-17-8-5-6-10-18(17)21)38-14-22-23(34)27(3,28)24(39-22)19-12-13-20-25(29)30-15-31-33(19)20/h5-13,15-16,22-24,34H,4,14H2,1-3H3,(H,32,36)(H2,29,30,31)/t16-,22+,23+,24-,27+,41?/m0/s1. The summed E-state index contributed by atoms with van der Waals surface area (Å²) in [5.41, 5.74) is 4.36. The number of fused-ring (bicyclic) bond motifs is 2.